The lowest BCUT2D eigenvalue weighted by molar-refractivity contribution is 1.06. The lowest BCUT2D eigenvalue weighted by Gasteiger charge is -2.13. The molecule has 0 bridgehead atoms. The Morgan fingerprint density at radius 3 is 2.40 bits per heavy atom. The number of nitrogens with zero attached hydrogens (tertiary/aromatic N) is 2. The van der Waals surface area contributed by atoms with Crippen molar-refractivity contribution in [2.24, 2.45) is 9.98 Å². The van der Waals surface area contributed by atoms with Gasteiger partial charge >= 0.3 is 0 Å². The smallest absolute Gasteiger partial charge is 0.0733 e. The summed E-state index contributed by atoms with van der Waals surface area (Å²) in [6, 6.07) is 4.45. The van der Waals surface area contributed by atoms with E-state index in [-0.39, 0.29) is 0 Å². The summed E-state index contributed by atoms with van der Waals surface area (Å²) in [6.07, 6.45) is 2.84. The molecule has 0 unspecified atom stereocenters. The van der Waals surface area contributed by atoms with Crippen LogP contribution in [0.25, 0.3) is 0 Å². The van der Waals surface area contributed by atoms with E-state index in [0.717, 1.165) is 22.7 Å². The van der Waals surface area contributed by atoms with Crippen molar-refractivity contribution in [1.82, 2.24) is 0 Å². The van der Waals surface area contributed by atoms with Gasteiger partial charge in [-0.1, -0.05) is 29.5 Å². The molecular weight excluding hydrogens is 264 g/mol. The molecule has 0 aromatic heterocycles. The molecule has 1 aliphatic heterocycles. The van der Waals surface area contributed by atoms with Gasteiger partial charge in [-0.3, -0.25) is 9.98 Å². The Hall–Kier alpha value is -1.61. The van der Waals surface area contributed by atoms with E-state index in [4.69, 9.17) is 0 Å². The predicted octanol–water partition coefficient (Wildman–Crippen LogP) is 4.40. The largest absolute Gasteiger partial charge is 0.287 e. The predicted molar refractivity (Wildman–Crippen MR) is 91.0 cm³/mol. The minimum Gasteiger partial charge on any atom is -0.287 e. The molecule has 0 amide bonds. The standard InChI is InChI=1S/C17H20N2S/c1-11-8-12(2)14(13(3)9-11)10-16(19-5)17-15(18-4)6-7-20-17/h6-9H,5,10H2,1-4H3/b17-16+,18-15?. The molecule has 0 N–H and O–H groups in total. The summed E-state index contributed by atoms with van der Waals surface area (Å²) in [6.45, 7) is 10.2. The van der Waals surface area contributed by atoms with Crippen molar-refractivity contribution in [2.45, 2.75) is 27.2 Å². The number of rotatable bonds is 3. The number of allylic oxidation sites excluding steroid dienone is 3. The zero-order chi connectivity index (χ0) is 14.7. The highest BCUT2D eigenvalue weighted by molar-refractivity contribution is 8.07. The van der Waals surface area contributed by atoms with Crippen LogP contribution >= 0.6 is 11.8 Å². The highest BCUT2D eigenvalue weighted by Crippen LogP contribution is 2.32. The Labute approximate surface area is 125 Å². The summed E-state index contributed by atoms with van der Waals surface area (Å²) >= 11 is 1.68. The molecule has 0 saturated carbocycles. The molecule has 1 heterocycles. The quantitative estimate of drug-likeness (QED) is 0.755. The summed E-state index contributed by atoms with van der Waals surface area (Å²) in [7, 11) is 1.81. The lowest BCUT2D eigenvalue weighted by atomic mass is 9.96. The number of benzene rings is 1. The van der Waals surface area contributed by atoms with Crippen LogP contribution in [0.3, 0.4) is 0 Å². The Kier molecular flexibility index (Phi) is 4.61. The van der Waals surface area contributed by atoms with Gasteiger partial charge in [0.2, 0.25) is 0 Å². The molecule has 0 saturated heterocycles. The molecule has 0 spiro atoms. The van der Waals surface area contributed by atoms with Gasteiger partial charge in [-0.05, 0) is 55.7 Å². The van der Waals surface area contributed by atoms with Gasteiger partial charge in [-0.2, -0.15) is 0 Å². The van der Waals surface area contributed by atoms with Crippen LogP contribution in [0.15, 0.2) is 44.2 Å². The van der Waals surface area contributed by atoms with Crippen molar-refractivity contribution >= 4 is 24.2 Å². The average Bonchev–Trinajstić information content (AvgIpc) is 2.86. The first-order chi connectivity index (χ1) is 9.56. The number of hydrogen-bond acceptors (Lipinski definition) is 3. The molecule has 0 atom stereocenters. The van der Waals surface area contributed by atoms with Gasteiger partial charge in [0.1, 0.15) is 0 Å². The fraction of sp³-hybridized carbons (Fsp3) is 0.294. The average molecular weight is 284 g/mol. The van der Waals surface area contributed by atoms with E-state index in [2.05, 4.69) is 55.0 Å². The molecule has 1 aromatic rings. The SMILES string of the molecule is C=N/C(Cc1c(C)cc(C)cc1C)=C1/SC=CC1=NC. The van der Waals surface area contributed by atoms with Crippen molar-refractivity contribution in [1.29, 1.82) is 0 Å². The molecule has 3 heteroatoms. The van der Waals surface area contributed by atoms with Crippen molar-refractivity contribution in [3.05, 3.63) is 56.5 Å². The Morgan fingerprint density at radius 2 is 1.85 bits per heavy atom. The van der Waals surface area contributed by atoms with E-state index in [0.29, 0.717) is 0 Å². The maximum absolute atomic E-state index is 4.30. The Morgan fingerprint density at radius 1 is 1.20 bits per heavy atom. The first-order valence-electron chi connectivity index (χ1n) is 6.63. The summed E-state index contributed by atoms with van der Waals surface area (Å²) in [4.78, 5) is 9.68. The second-order valence-electron chi connectivity index (χ2n) is 5.02. The van der Waals surface area contributed by atoms with Gasteiger partial charge in [-0.15, -0.1) is 0 Å². The van der Waals surface area contributed by atoms with Crippen molar-refractivity contribution in [3.8, 4) is 0 Å². The molecule has 0 fully saturated rings. The second-order valence-corrected chi connectivity index (χ2v) is 5.93. The van der Waals surface area contributed by atoms with Gasteiger partial charge in [0, 0.05) is 13.5 Å². The lowest BCUT2D eigenvalue weighted by Crippen LogP contribution is -2.02. The van der Waals surface area contributed by atoms with Crippen LogP contribution in [0.4, 0.5) is 0 Å². The maximum Gasteiger partial charge on any atom is 0.0733 e. The van der Waals surface area contributed by atoms with Gasteiger partial charge in [0.15, 0.2) is 0 Å². The summed E-state index contributed by atoms with van der Waals surface area (Å²) in [5.41, 5.74) is 7.28. The molecule has 2 rings (SSSR count). The van der Waals surface area contributed by atoms with Gasteiger partial charge in [0.25, 0.3) is 0 Å². The number of aryl methyl sites for hydroxylation is 3. The Balaban J connectivity index is 2.42. The van der Waals surface area contributed by atoms with Crippen LogP contribution in [0.5, 0.6) is 0 Å². The van der Waals surface area contributed by atoms with Crippen LogP contribution in [0.1, 0.15) is 22.3 Å². The number of hydrogen-bond donors (Lipinski definition) is 0. The first-order valence-corrected chi connectivity index (χ1v) is 7.51. The second kappa shape index (κ2) is 6.23. The molecule has 104 valence electrons. The summed E-state index contributed by atoms with van der Waals surface area (Å²) in [5, 5.41) is 2.05. The van der Waals surface area contributed by atoms with Crippen LogP contribution in [-0.2, 0) is 6.42 Å². The molecule has 0 radical (unpaired) electrons. The third-order valence-electron chi connectivity index (χ3n) is 3.52. The van der Waals surface area contributed by atoms with E-state index in [1.807, 2.05) is 13.1 Å². The zero-order valence-corrected chi connectivity index (χ0v) is 13.3. The third kappa shape index (κ3) is 2.93. The van der Waals surface area contributed by atoms with Crippen LogP contribution in [0, 0.1) is 20.8 Å². The third-order valence-corrected chi connectivity index (χ3v) is 4.48. The van der Waals surface area contributed by atoms with Crippen molar-refractivity contribution in [3.63, 3.8) is 0 Å². The summed E-state index contributed by atoms with van der Waals surface area (Å²) < 4.78 is 0. The first kappa shape index (κ1) is 14.8. The van der Waals surface area contributed by atoms with Crippen LogP contribution in [-0.4, -0.2) is 19.5 Å². The van der Waals surface area contributed by atoms with Gasteiger partial charge in [0.05, 0.1) is 16.3 Å². The molecule has 1 aromatic carbocycles. The van der Waals surface area contributed by atoms with E-state index in [1.165, 1.54) is 22.3 Å². The molecule has 2 nitrogen and oxygen atoms in total. The summed E-state index contributed by atoms with van der Waals surface area (Å²) in [5.74, 6) is 0. The van der Waals surface area contributed by atoms with Gasteiger partial charge < -0.3 is 0 Å². The topological polar surface area (TPSA) is 24.7 Å². The molecule has 1 aliphatic rings. The fourth-order valence-electron chi connectivity index (χ4n) is 2.56. The van der Waals surface area contributed by atoms with E-state index >= 15 is 0 Å². The highest BCUT2D eigenvalue weighted by Gasteiger charge is 2.16. The minimum absolute atomic E-state index is 0.810. The normalized spacial score (nSPS) is 18.7. The Bertz CT molecular complexity index is 613. The van der Waals surface area contributed by atoms with Crippen LogP contribution in [0.2, 0.25) is 0 Å². The molecule has 0 aliphatic carbocycles. The van der Waals surface area contributed by atoms with Gasteiger partial charge in [-0.25, -0.2) is 0 Å². The number of thioether (sulfide) groups is 1. The zero-order valence-electron chi connectivity index (χ0n) is 12.5. The maximum atomic E-state index is 4.30. The van der Waals surface area contributed by atoms with Crippen molar-refractivity contribution < 1.29 is 0 Å². The van der Waals surface area contributed by atoms with E-state index < -0.39 is 0 Å². The fourth-order valence-corrected chi connectivity index (χ4v) is 3.44. The monoisotopic (exact) mass is 284 g/mol. The van der Waals surface area contributed by atoms with E-state index in [1.54, 1.807) is 11.8 Å². The number of aliphatic imine (C=N–C) groups is 2. The van der Waals surface area contributed by atoms with Crippen molar-refractivity contribution in [2.75, 3.05) is 7.05 Å². The molecule has 20 heavy (non-hydrogen) atoms. The van der Waals surface area contributed by atoms with Crippen LogP contribution < -0.4 is 0 Å². The molecular formula is C17H20N2S. The highest BCUT2D eigenvalue weighted by atomic mass is 32.2. The van der Waals surface area contributed by atoms with E-state index in [9.17, 15) is 0 Å². The minimum atomic E-state index is 0.810.